The zero-order valence-corrected chi connectivity index (χ0v) is 31.8. The van der Waals surface area contributed by atoms with Gasteiger partial charge in [0.15, 0.2) is 11.5 Å². The number of aliphatic hydroxyl groups is 1. The highest BCUT2D eigenvalue weighted by atomic mass is 32.1. The maximum atomic E-state index is 10.5. The second-order valence-corrected chi connectivity index (χ2v) is 14.0. The maximum absolute atomic E-state index is 10.5. The van der Waals surface area contributed by atoms with Gasteiger partial charge in [-0.25, -0.2) is 4.98 Å². The highest BCUT2D eigenvalue weighted by Crippen LogP contribution is 2.34. The van der Waals surface area contributed by atoms with Crippen molar-refractivity contribution < 1.29 is 28.8 Å². The van der Waals surface area contributed by atoms with E-state index < -0.39 is 6.10 Å². The van der Waals surface area contributed by atoms with E-state index in [9.17, 15) is 5.11 Å². The molecule has 1 heterocycles. The second kappa shape index (κ2) is 20.5. The summed E-state index contributed by atoms with van der Waals surface area (Å²) < 4.78 is 31.0. The van der Waals surface area contributed by atoms with Crippen LogP contribution in [0.5, 0.6) is 17.2 Å². The summed E-state index contributed by atoms with van der Waals surface area (Å²) in [5.74, 6) is 1.79. The molecule has 5 aromatic carbocycles. The third-order valence-corrected chi connectivity index (χ3v) is 9.93. The molecule has 0 aliphatic carbocycles. The standard InChI is InChI=1S/C44H49N3O6S/c1-33(47(2)37-19-17-36(18-20-37)44-46-40-15-9-10-16-43(40)54-44)29-50-26-25-49-24-23-45-28-38(48)32-51-39-21-22-41(52-30-34-11-5-3-6-12-34)42(27-39)53-31-35-13-7-4-8-14-35/h3-22,27,33,38,45,48H,23-26,28-32H2,1-2H3/t33?,38-/m1/s1. The first-order chi connectivity index (χ1) is 26.5. The van der Waals surface area contributed by atoms with E-state index in [0.29, 0.717) is 70.0 Å². The highest BCUT2D eigenvalue weighted by molar-refractivity contribution is 7.21. The predicted octanol–water partition coefficient (Wildman–Crippen LogP) is 8.01. The predicted molar refractivity (Wildman–Crippen MR) is 217 cm³/mol. The summed E-state index contributed by atoms with van der Waals surface area (Å²) in [6.07, 6.45) is -0.696. The molecular weight excluding hydrogens is 699 g/mol. The van der Waals surface area contributed by atoms with E-state index in [1.165, 1.54) is 4.70 Å². The third-order valence-electron chi connectivity index (χ3n) is 8.84. The molecule has 0 fully saturated rings. The Balaban J connectivity index is 0.839. The average molecular weight is 748 g/mol. The number of aromatic nitrogens is 1. The Kier molecular flexibility index (Phi) is 14.7. The summed E-state index contributed by atoms with van der Waals surface area (Å²) in [6, 6.07) is 42.4. The summed E-state index contributed by atoms with van der Waals surface area (Å²) >= 11 is 1.71. The van der Waals surface area contributed by atoms with Gasteiger partial charge in [-0.3, -0.25) is 0 Å². The quantitative estimate of drug-likeness (QED) is 0.0671. The zero-order valence-electron chi connectivity index (χ0n) is 30.9. The van der Waals surface area contributed by atoms with Crippen molar-refractivity contribution in [3.05, 3.63) is 139 Å². The van der Waals surface area contributed by atoms with Crippen LogP contribution < -0.4 is 24.4 Å². The molecule has 9 nitrogen and oxygen atoms in total. The minimum absolute atomic E-state index is 0.129. The Hall–Kier alpha value is -4.97. The monoisotopic (exact) mass is 747 g/mol. The van der Waals surface area contributed by atoms with Gasteiger partial charge in [0.2, 0.25) is 0 Å². The van der Waals surface area contributed by atoms with Crippen molar-refractivity contribution in [3.8, 4) is 27.8 Å². The molecule has 1 aromatic heterocycles. The number of hydrogen-bond donors (Lipinski definition) is 2. The summed E-state index contributed by atoms with van der Waals surface area (Å²) in [6.45, 7) is 6.19. The van der Waals surface area contributed by atoms with E-state index in [4.69, 9.17) is 28.7 Å². The number of thiazole rings is 1. The molecule has 1 unspecified atom stereocenters. The van der Waals surface area contributed by atoms with Gasteiger partial charge in [-0.15, -0.1) is 11.3 Å². The molecule has 6 rings (SSSR count). The van der Waals surface area contributed by atoms with E-state index in [1.54, 1.807) is 17.4 Å². The number of fused-ring (bicyclic) bond motifs is 1. The Labute approximate surface area is 322 Å². The van der Waals surface area contributed by atoms with E-state index >= 15 is 0 Å². The molecule has 10 heteroatoms. The van der Waals surface area contributed by atoms with Gasteiger partial charge < -0.3 is 39.0 Å². The van der Waals surface area contributed by atoms with Crippen LogP contribution in [-0.2, 0) is 22.7 Å². The smallest absolute Gasteiger partial charge is 0.165 e. The molecule has 54 heavy (non-hydrogen) atoms. The molecule has 6 aromatic rings. The Bertz CT molecular complexity index is 1940. The molecule has 2 N–H and O–H groups in total. The second-order valence-electron chi connectivity index (χ2n) is 13.0. The van der Waals surface area contributed by atoms with Gasteiger partial charge >= 0.3 is 0 Å². The highest BCUT2D eigenvalue weighted by Gasteiger charge is 2.13. The lowest BCUT2D eigenvalue weighted by atomic mass is 10.2. The molecule has 0 aliphatic heterocycles. The van der Waals surface area contributed by atoms with Gasteiger partial charge in [-0.05, 0) is 66.6 Å². The van der Waals surface area contributed by atoms with Crippen molar-refractivity contribution in [3.63, 3.8) is 0 Å². The number of nitrogens with zero attached hydrogens (tertiary/aromatic N) is 2. The number of para-hydroxylation sites is 1. The van der Waals surface area contributed by atoms with E-state index in [2.05, 4.69) is 60.6 Å². The molecular formula is C44H49N3O6S. The van der Waals surface area contributed by atoms with Gasteiger partial charge in [0.05, 0.1) is 36.6 Å². The van der Waals surface area contributed by atoms with Crippen LogP contribution in [0.1, 0.15) is 18.1 Å². The first-order valence-corrected chi connectivity index (χ1v) is 19.2. The van der Waals surface area contributed by atoms with Crippen molar-refractivity contribution in [1.82, 2.24) is 10.3 Å². The van der Waals surface area contributed by atoms with E-state index in [0.717, 1.165) is 32.9 Å². The molecule has 0 saturated heterocycles. The van der Waals surface area contributed by atoms with Crippen molar-refractivity contribution in [2.24, 2.45) is 0 Å². The largest absolute Gasteiger partial charge is 0.491 e. The van der Waals surface area contributed by atoms with Gasteiger partial charge in [-0.2, -0.15) is 0 Å². The van der Waals surface area contributed by atoms with Gasteiger partial charge in [0.25, 0.3) is 0 Å². The van der Waals surface area contributed by atoms with Crippen LogP contribution in [0.15, 0.2) is 127 Å². The fraction of sp³-hybridized carbons (Fsp3) is 0.295. The van der Waals surface area contributed by atoms with Crippen LogP contribution >= 0.6 is 11.3 Å². The number of likely N-dealkylation sites (N-methyl/N-ethyl adjacent to an activating group) is 1. The summed E-state index contributed by atoms with van der Waals surface area (Å²) in [5.41, 5.74) is 5.40. The van der Waals surface area contributed by atoms with Crippen molar-refractivity contribution >= 4 is 27.2 Å². The van der Waals surface area contributed by atoms with Crippen LogP contribution in [0, 0.1) is 0 Å². The van der Waals surface area contributed by atoms with Crippen molar-refractivity contribution in [1.29, 1.82) is 0 Å². The molecule has 2 atom stereocenters. The first kappa shape index (κ1) is 38.7. The Morgan fingerprint density at radius 3 is 2.09 bits per heavy atom. The van der Waals surface area contributed by atoms with Crippen LogP contribution in [0.3, 0.4) is 0 Å². The fourth-order valence-corrected chi connectivity index (χ4v) is 6.59. The summed E-state index contributed by atoms with van der Waals surface area (Å²) in [4.78, 5) is 6.99. The number of benzene rings is 5. The lowest BCUT2D eigenvalue weighted by Crippen LogP contribution is -2.34. The third kappa shape index (κ3) is 11.8. The number of ether oxygens (including phenoxy) is 5. The molecule has 0 bridgehead atoms. The number of nitrogens with one attached hydrogen (secondary N) is 1. The maximum Gasteiger partial charge on any atom is 0.165 e. The van der Waals surface area contributed by atoms with E-state index in [1.807, 2.05) is 84.9 Å². The Morgan fingerprint density at radius 2 is 1.37 bits per heavy atom. The molecule has 0 aliphatic rings. The Morgan fingerprint density at radius 1 is 0.704 bits per heavy atom. The molecule has 0 spiro atoms. The van der Waals surface area contributed by atoms with Gasteiger partial charge in [0.1, 0.15) is 36.7 Å². The minimum Gasteiger partial charge on any atom is -0.491 e. The number of hydrogen-bond acceptors (Lipinski definition) is 10. The molecule has 0 saturated carbocycles. The summed E-state index contributed by atoms with van der Waals surface area (Å²) in [7, 11) is 2.08. The first-order valence-electron chi connectivity index (χ1n) is 18.4. The topological polar surface area (TPSA) is 94.5 Å². The lowest BCUT2D eigenvalue weighted by molar-refractivity contribution is 0.0432. The van der Waals surface area contributed by atoms with Crippen LogP contribution in [0.25, 0.3) is 20.8 Å². The van der Waals surface area contributed by atoms with Gasteiger partial charge in [0, 0.05) is 43.5 Å². The van der Waals surface area contributed by atoms with Crippen molar-refractivity contribution in [2.45, 2.75) is 32.3 Å². The lowest BCUT2D eigenvalue weighted by Gasteiger charge is -2.27. The normalized spacial score (nSPS) is 12.4. The zero-order chi connectivity index (χ0) is 37.4. The molecule has 0 amide bonds. The number of rotatable bonds is 22. The average Bonchev–Trinajstić information content (AvgIpc) is 3.66. The molecule has 282 valence electrons. The van der Waals surface area contributed by atoms with Gasteiger partial charge in [-0.1, -0.05) is 72.8 Å². The fourth-order valence-electron chi connectivity index (χ4n) is 5.62. The number of anilines is 1. The minimum atomic E-state index is -0.696. The number of aliphatic hydroxyl groups excluding tert-OH is 1. The summed E-state index contributed by atoms with van der Waals surface area (Å²) in [5, 5.41) is 14.8. The SMILES string of the molecule is CC(COCCOCCNC[C@@H](O)COc1ccc(OCc2ccccc2)c(OCc2ccccc2)c1)N(C)c1ccc(-c2nc3ccccc3s2)cc1. The molecule has 0 radical (unpaired) electrons. The van der Waals surface area contributed by atoms with Crippen LogP contribution in [-0.4, -0.2) is 75.4 Å². The van der Waals surface area contributed by atoms with Crippen LogP contribution in [0.2, 0.25) is 0 Å². The van der Waals surface area contributed by atoms with Crippen LogP contribution in [0.4, 0.5) is 5.69 Å². The van der Waals surface area contributed by atoms with E-state index in [-0.39, 0.29) is 12.6 Å². The van der Waals surface area contributed by atoms with Crippen molar-refractivity contribution in [2.75, 3.05) is 58.1 Å².